The summed E-state index contributed by atoms with van der Waals surface area (Å²) in [5.74, 6) is -2.04. The number of aldehydes is 1. The molecule has 0 radical (unpaired) electrons. The van der Waals surface area contributed by atoms with E-state index in [0.717, 1.165) is 0 Å². The fourth-order valence-electron chi connectivity index (χ4n) is 1.09. The Bertz CT molecular complexity index is 489. The Hall–Kier alpha value is -1.69. The number of sulfone groups is 1. The van der Waals surface area contributed by atoms with Gasteiger partial charge in [0.15, 0.2) is 9.84 Å². The number of hydrogen-bond donors (Lipinski definition) is 1. The number of rotatable bonds is 4. The molecular weight excluding hydrogens is 220 g/mol. The summed E-state index contributed by atoms with van der Waals surface area (Å²) >= 11 is 0. The lowest BCUT2D eigenvalue weighted by atomic mass is 10.2. The van der Waals surface area contributed by atoms with E-state index in [9.17, 15) is 18.0 Å². The molecule has 0 amide bonds. The number of carbonyl (C=O) groups is 2. The molecule has 0 atom stereocenters. The van der Waals surface area contributed by atoms with Gasteiger partial charge in [0.25, 0.3) is 0 Å². The first-order chi connectivity index (χ1) is 6.99. The van der Waals surface area contributed by atoms with Gasteiger partial charge >= 0.3 is 5.97 Å². The van der Waals surface area contributed by atoms with Crippen LogP contribution in [0.2, 0.25) is 0 Å². The van der Waals surface area contributed by atoms with Gasteiger partial charge in [-0.1, -0.05) is 12.1 Å². The second-order valence-corrected chi connectivity index (χ2v) is 4.75. The molecule has 0 saturated heterocycles. The van der Waals surface area contributed by atoms with Gasteiger partial charge in [0, 0.05) is 0 Å². The molecule has 0 spiro atoms. The Balaban J connectivity index is 3.37. The van der Waals surface area contributed by atoms with Gasteiger partial charge in [-0.15, -0.1) is 0 Å². The number of aromatic carboxylic acids is 1. The van der Waals surface area contributed by atoms with Crippen LogP contribution in [0.5, 0.6) is 0 Å². The second-order valence-electron chi connectivity index (χ2n) is 2.75. The standard InChI is InChI=1S/C9H8O5S/c10-5-6-15(13,14)8-4-2-1-3-7(8)9(11)12/h1-5H,6H2,(H,11,12). The fraction of sp³-hybridized carbons (Fsp3) is 0.111. The molecule has 1 aromatic rings. The molecule has 0 aliphatic heterocycles. The maximum atomic E-state index is 11.5. The topological polar surface area (TPSA) is 88.5 Å². The van der Waals surface area contributed by atoms with Crippen molar-refractivity contribution in [3.63, 3.8) is 0 Å². The first-order valence-corrected chi connectivity index (χ1v) is 5.63. The van der Waals surface area contributed by atoms with E-state index >= 15 is 0 Å². The highest BCUT2D eigenvalue weighted by Gasteiger charge is 2.20. The first kappa shape index (κ1) is 11.4. The lowest BCUT2D eigenvalue weighted by Gasteiger charge is -2.04. The molecule has 80 valence electrons. The summed E-state index contributed by atoms with van der Waals surface area (Å²) in [6.45, 7) is 0. The molecule has 0 heterocycles. The van der Waals surface area contributed by atoms with Gasteiger partial charge in [0.2, 0.25) is 0 Å². The highest BCUT2D eigenvalue weighted by Crippen LogP contribution is 2.16. The summed E-state index contributed by atoms with van der Waals surface area (Å²) in [4.78, 5) is 20.5. The van der Waals surface area contributed by atoms with E-state index in [1.54, 1.807) is 0 Å². The van der Waals surface area contributed by atoms with Crippen LogP contribution in [0.15, 0.2) is 29.2 Å². The molecule has 6 heteroatoms. The van der Waals surface area contributed by atoms with Gasteiger partial charge in [-0.3, -0.25) is 0 Å². The molecule has 5 nitrogen and oxygen atoms in total. The molecule has 0 fully saturated rings. The van der Waals surface area contributed by atoms with Gasteiger partial charge < -0.3 is 9.90 Å². The highest BCUT2D eigenvalue weighted by molar-refractivity contribution is 7.92. The summed E-state index contributed by atoms with van der Waals surface area (Å²) in [5, 5.41) is 8.74. The van der Waals surface area contributed by atoms with E-state index in [0.29, 0.717) is 0 Å². The van der Waals surface area contributed by atoms with Crippen molar-refractivity contribution in [2.24, 2.45) is 0 Å². The Morgan fingerprint density at radius 1 is 1.33 bits per heavy atom. The van der Waals surface area contributed by atoms with E-state index in [4.69, 9.17) is 5.11 Å². The molecule has 1 rings (SSSR count). The molecule has 0 aromatic heterocycles. The van der Waals surface area contributed by atoms with Gasteiger partial charge in [0.05, 0.1) is 10.5 Å². The summed E-state index contributed by atoms with van der Waals surface area (Å²) in [6.07, 6.45) is 0.230. The fourth-order valence-corrected chi connectivity index (χ4v) is 2.23. The lowest BCUT2D eigenvalue weighted by Crippen LogP contribution is -2.12. The van der Waals surface area contributed by atoms with E-state index in [1.807, 2.05) is 0 Å². The minimum atomic E-state index is -3.83. The lowest BCUT2D eigenvalue weighted by molar-refractivity contribution is -0.105. The van der Waals surface area contributed by atoms with Crippen molar-refractivity contribution in [3.05, 3.63) is 29.8 Å². The molecule has 1 aromatic carbocycles. The van der Waals surface area contributed by atoms with Crippen molar-refractivity contribution in [2.75, 3.05) is 5.75 Å². The maximum Gasteiger partial charge on any atom is 0.337 e. The monoisotopic (exact) mass is 228 g/mol. The Kier molecular flexibility index (Phi) is 3.21. The SMILES string of the molecule is O=CCS(=O)(=O)c1ccccc1C(=O)O. The first-order valence-electron chi connectivity index (χ1n) is 3.98. The Labute approximate surface area is 86.3 Å². The Morgan fingerprint density at radius 2 is 1.93 bits per heavy atom. The number of hydrogen-bond acceptors (Lipinski definition) is 4. The Morgan fingerprint density at radius 3 is 2.47 bits per heavy atom. The quantitative estimate of drug-likeness (QED) is 0.751. The highest BCUT2D eigenvalue weighted by atomic mass is 32.2. The van der Waals surface area contributed by atoms with Crippen molar-refractivity contribution in [1.29, 1.82) is 0 Å². The molecule has 1 N–H and O–H groups in total. The van der Waals surface area contributed by atoms with Crippen molar-refractivity contribution in [1.82, 2.24) is 0 Å². The van der Waals surface area contributed by atoms with Crippen molar-refractivity contribution >= 4 is 22.1 Å². The molecule has 0 bridgehead atoms. The molecule has 15 heavy (non-hydrogen) atoms. The number of carbonyl (C=O) groups excluding carboxylic acids is 1. The zero-order valence-corrected chi connectivity index (χ0v) is 8.40. The predicted octanol–water partition coefficient (Wildman–Crippen LogP) is 0.357. The van der Waals surface area contributed by atoms with Crippen LogP contribution in [-0.4, -0.2) is 31.5 Å². The van der Waals surface area contributed by atoms with E-state index in [2.05, 4.69) is 0 Å². The van der Waals surface area contributed by atoms with Crippen LogP contribution in [0.25, 0.3) is 0 Å². The maximum absolute atomic E-state index is 11.5. The summed E-state index contributed by atoms with van der Waals surface area (Å²) < 4.78 is 22.9. The largest absolute Gasteiger partial charge is 0.478 e. The summed E-state index contributed by atoms with van der Waals surface area (Å²) in [5.41, 5.74) is -0.320. The summed E-state index contributed by atoms with van der Waals surface area (Å²) in [6, 6.07) is 5.18. The van der Waals surface area contributed by atoms with Gasteiger partial charge in [0.1, 0.15) is 12.0 Å². The predicted molar refractivity (Wildman–Crippen MR) is 51.5 cm³/mol. The number of benzene rings is 1. The third-order valence-electron chi connectivity index (χ3n) is 1.74. The van der Waals surface area contributed by atoms with Crippen LogP contribution < -0.4 is 0 Å². The van der Waals surface area contributed by atoms with E-state index in [1.165, 1.54) is 24.3 Å². The van der Waals surface area contributed by atoms with Crippen molar-refractivity contribution < 1.29 is 23.1 Å². The molecule has 0 aliphatic rings. The third kappa shape index (κ3) is 2.41. The van der Waals surface area contributed by atoms with E-state index in [-0.39, 0.29) is 16.7 Å². The number of carboxylic acid groups (broad SMARTS) is 1. The zero-order chi connectivity index (χ0) is 11.5. The molecule has 0 saturated carbocycles. The smallest absolute Gasteiger partial charge is 0.337 e. The minimum Gasteiger partial charge on any atom is -0.478 e. The zero-order valence-electron chi connectivity index (χ0n) is 7.58. The molecule has 0 aliphatic carbocycles. The van der Waals surface area contributed by atoms with E-state index < -0.39 is 21.6 Å². The van der Waals surface area contributed by atoms with Gasteiger partial charge in [-0.05, 0) is 12.1 Å². The van der Waals surface area contributed by atoms with Crippen LogP contribution in [0, 0.1) is 0 Å². The summed E-state index contributed by atoms with van der Waals surface area (Å²) in [7, 11) is -3.83. The number of carboxylic acids is 1. The van der Waals surface area contributed by atoms with Crippen molar-refractivity contribution in [2.45, 2.75) is 4.90 Å². The van der Waals surface area contributed by atoms with Crippen LogP contribution in [0.1, 0.15) is 10.4 Å². The molecule has 0 unspecified atom stereocenters. The van der Waals surface area contributed by atoms with Crippen LogP contribution in [-0.2, 0) is 14.6 Å². The van der Waals surface area contributed by atoms with Crippen LogP contribution >= 0.6 is 0 Å². The average Bonchev–Trinajstić information content (AvgIpc) is 2.17. The van der Waals surface area contributed by atoms with Gasteiger partial charge in [-0.2, -0.15) is 0 Å². The van der Waals surface area contributed by atoms with Crippen LogP contribution in [0.4, 0.5) is 0 Å². The second kappa shape index (κ2) is 4.22. The third-order valence-corrected chi connectivity index (χ3v) is 3.34. The molecular formula is C9H8O5S. The normalized spacial score (nSPS) is 10.9. The average molecular weight is 228 g/mol. The minimum absolute atomic E-state index is 0.230. The van der Waals surface area contributed by atoms with Crippen LogP contribution in [0.3, 0.4) is 0 Å². The van der Waals surface area contributed by atoms with Crippen molar-refractivity contribution in [3.8, 4) is 0 Å². The van der Waals surface area contributed by atoms with Gasteiger partial charge in [-0.25, -0.2) is 13.2 Å².